The second-order valence-electron chi connectivity index (χ2n) is 10.1. The first-order chi connectivity index (χ1) is 16.3. The molecule has 0 aromatic heterocycles. The van der Waals surface area contributed by atoms with Gasteiger partial charge in [-0.15, -0.1) is 0 Å². The lowest BCUT2D eigenvalue weighted by atomic mass is 9.74. The van der Waals surface area contributed by atoms with Crippen molar-refractivity contribution in [1.82, 2.24) is 4.90 Å². The summed E-state index contributed by atoms with van der Waals surface area (Å²) in [6.45, 7) is 9.97. The van der Waals surface area contributed by atoms with Crippen LogP contribution in [-0.4, -0.2) is 30.6 Å². The molecule has 4 nitrogen and oxygen atoms in total. The molecule has 1 spiro atoms. The highest BCUT2D eigenvalue weighted by Gasteiger charge is 2.46. The Hall–Kier alpha value is -3.18. The van der Waals surface area contributed by atoms with E-state index < -0.39 is 5.82 Å². The van der Waals surface area contributed by atoms with E-state index in [9.17, 15) is 9.18 Å². The molecule has 1 saturated heterocycles. The van der Waals surface area contributed by atoms with Crippen LogP contribution in [0.1, 0.15) is 40.7 Å². The number of carbonyl (C=O) groups excluding carboxylic acids is 1. The summed E-state index contributed by atoms with van der Waals surface area (Å²) in [4.78, 5) is 17.6. The Morgan fingerprint density at radius 2 is 1.65 bits per heavy atom. The van der Waals surface area contributed by atoms with Crippen LogP contribution in [0.5, 0.6) is 0 Å². The fraction of sp³-hybridized carbons (Fsp3) is 0.345. The van der Waals surface area contributed by atoms with Gasteiger partial charge in [0.2, 0.25) is 0 Å². The predicted molar refractivity (Wildman–Crippen MR) is 136 cm³/mol. The largest absolute Gasteiger partial charge is 0.326 e. The minimum atomic E-state index is -0.423. The van der Waals surface area contributed by atoms with E-state index in [4.69, 9.17) is 0 Å². The summed E-state index contributed by atoms with van der Waals surface area (Å²) in [7, 11) is 0. The third kappa shape index (κ3) is 4.32. The molecule has 3 aromatic carbocycles. The van der Waals surface area contributed by atoms with Crippen molar-refractivity contribution in [3.05, 3.63) is 94.3 Å². The van der Waals surface area contributed by atoms with Crippen LogP contribution in [-0.2, 0) is 12.0 Å². The fourth-order valence-electron chi connectivity index (χ4n) is 5.69. The van der Waals surface area contributed by atoms with Gasteiger partial charge in [0.15, 0.2) is 0 Å². The Labute approximate surface area is 201 Å². The second-order valence-corrected chi connectivity index (χ2v) is 10.1. The number of fused-ring (bicyclic) bond motifs is 2. The number of urea groups is 1. The minimum absolute atomic E-state index is 0.0626. The average Bonchev–Trinajstić information content (AvgIpc) is 3.10. The molecule has 2 amide bonds. The highest BCUT2D eigenvalue weighted by Crippen LogP contribution is 2.47. The van der Waals surface area contributed by atoms with E-state index in [1.807, 2.05) is 6.07 Å². The van der Waals surface area contributed by atoms with Gasteiger partial charge in [0.05, 0.1) is 5.69 Å². The third-order valence-electron chi connectivity index (χ3n) is 7.34. The zero-order valence-corrected chi connectivity index (χ0v) is 20.2. The summed E-state index contributed by atoms with van der Waals surface area (Å²) in [5.41, 5.74) is 7.52. The lowest BCUT2D eigenvalue weighted by Crippen LogP contribution is -2.46. The number of aryl methyl sites for hydroxylation is 3. The van der Waals surface area contributed by atoms with Crippen LogP contribution >= 0.6 is 0 Å². The van der Waals surface area contributed by atoms with Crippen LogP contribution in [0.3, 0.4) is 0 Å². The first kappa shape index (κ1) is 22.6. The number of amides is 2. The van der Waals surface area contributed by atoms with Crippen molar-refractivity contribution in [1.29, 1.82) is 0 Å². The van der Waals surface area contributed by atoms with E-state index in [-0.39, 0.29) is 17.1 Å². The quantitative estimate of drug-likeness (QED) is 0.498. The van der Waals surface area contributed by atoms with Crippen molar-refractivity contribution in [2.24, 2.45) is 0 Å². The second kappa shape index (κ2) is 8.88. The van der Waals surface area contributed by atoms with Gasteiger partial charge in [-0.25, -0.2) is 9.18 Å². The van der Waals surface area contributed by atoms with E-state index >= 15 is 0 Å². The Bertz CT molecular complexity index is 1210. The summed E-state index contributed by atoms with van der Waals surface area (Å²) in [6.07, 6.45) is 2.00. The SMILES string of the molecule is Cc1cc(C)cc(CN2CCC3(CC2)CN(C(=O)Nc2ccccc2F)c2ccc(C)cc23)c1. The number of hydrogen-bond acceptors (Lipinski definition) is 2. The fourth-order valence-corrected chi connectivity index (χ4v) is 5.69. The first-order valence-corrected chi connectivity index (χ1v) is 12.1. The zero-order valence-electron chi connectivity index (χ0n) is 20.2. The number of likely N-dealkylation sites (tertiary alicyclic amines) is 1. The molecule has 0 radical (unpaired) electrons. The Morgan fingerprint density at radius 3 is 2.35 bits per heavy atom. The summed E-state index contributed by atoms with van der Waals surface area (Å²) in [5.74, 6) is -0.423. The molecule has 0 aliphatic carbocycles. The number of anilines is 2. The number of rotatable bonds is 3. The molecule has 2 aliphatic heterocycles. The lowest BCUT2D eigenvalue weighted by molar-refractivity contribution is 0.160. The zero-order chi connectivity index (χ0) is 23.9. The maximum absolute atomic E-state index is 14.2. The van der Waals surface area contributed by atoms with Crippen LogP contribution in [0, 0.1) is 26.6 Å². The van der Waals surface area contributed by atoms with E-state index in [1.54, 1.807) is 23.1 Å². The number of nitrogens with one attached hydrogen (secondary N) is 1. The Kier molecular flexibility index (Phi) is 5.90. The van der Waals surface area contributed by atoms with Crippen molar-refractivity contribution in [3.63, 3.8) is 0 Å². The van der Waals surface area contributed by atoms with Crippen LogP contribution in [0.2, 0.25) is 0 Å². The van der Waals surface area contributed by atoms with Gasteiger partial charge in [-0.05, 0) is 76.0 Å². The molecule has 5 rings (SSSR count). The van der Waals surface area contributed by atoms with E-state index in [1.165, 1.54) is 33.9 Å². The van der Waals surface area contributed by atoms with Gasteiger partial charge in [0.25, 0.3) is 0 Å². The molecule has 5 heteroatoms. The normalized spacial score (nSPS) is 17.1. The van der Waals surface area contributed by atoms with Crippen molar-refractivity contribution in [2.75, 3.05) is 29.9 Å². The molecule has 1 fully saturated rings. The van der Waals surface area contributed by atoms with Crippen molar-refractivity contribution in [3.8, 4) is 0 Å². The number of benzene rings is 3. The summed E-state index contributed by atoms with van der Waals surface area (Å²) >= 11 is 0. The molecule has 0 bridgehead atoms. The van der Waals surface area contributed by atoms with Gasteiger partial charge in [0, 0.05) is 24.2 Å². The van der Waals surface area contributed by atoms with Gasteiger partial charge >= 0.3 is 6.03 Å². The Balaban J connectivity index is 1.35. The lowest BCUT2D eigenvalue weighted by Gasteiger charge is -2.40. The summed E-state index contributed by atoms with van der Waals surface area (Å²) in [6, 6.07) is 19.2. The molecule has 1 N–H and O–H groups in total. The van der Waals surface area contributed by atoms with Crippen LogP contribution in [0.25, 0.3) is 0 Å². The number of nitrogens with zero attached hydrogens (tertiary/aromatic N) is 2. The van der Waals surface area contributed by atoms with Gasteiger partial charge in [-0.3, -0.25) is 9.80 Å². The molecule has 34 heavy (non-hydrogen) atoms. The number of halogens is 1. The van der Waals surface area contributed by atoms with Crippen molar-refractivity contribution >= 4 is 17.4 Å². The maximum Gasteiger partial charge on any atom is 0.326 e. The standard InChI is InChI=1S/C29H32FN3O/c1-20-8-9-27-24(17-20)29(19-33(27)28(34)31-26-7-5-4-6-25(26)30)10-12-32(13-11-29)18-23-15-21(2)14-22(3)16-23/h4-9,14-17H,10-13,18-19H2,1-3H3,(H,31,34). The average molecular weight is 458 g/mol. The number of piperidine rings is 1. The molecule has 2 heterocycles. The van der Waals surface area contributed by atoms with Gasteiger partial charge in [-0.1, -0.05) is 59.2 Å². The first-order valence-electron chi connectivity index (χ1n) is 12.1. The Morgan fingerprint density at radius 1 is 0.941 bits per heavy atom. The highest BCUT2D eigenvalue weighted by molar-refractivity contribution is 6.03. The monoisotopic (exact) mass is 457 g/mol. The van der Waals surface area contributed by atoms with E-state index in [2.05, 4.69) is 61.3 Å². The highest BCUT2D eigenvalue weighted by atomic mass is 19.1. The van der Waals surface area contributed by atoms with Crippen LogP contribution in [0.4, 0.5) is 20.6 Å². The molecule has 2 aliphatic rings. The van der Waals surface area contributed by atoms with E-state index in [0.29, 0.717) is 6.54 Å². The summed E-state index contributed by atoms with van der Waals surface area (Å²) in [5, 5.41) is 2.78. The van der Waals surface area contributed by atoms with E-state index in [0.717, 1.165) is 38.2 Å². The molecule has 3 aromatic rings. The van der Waals surface area contributed by atoms with Crippen LogP contribution < -0.4 is 10.2 Å². The predicted octanol–water partition coefficient (Wildman–Crippen LogP) is 6.34. The number of carbonyl (C=O) groups is 1. The third-order valence-corrected chi connectivity index (χ3v) is 7.34. The van der Waals surface area contributed by atoms with Gasteiger partial charge in [0.1, 0.15) is 5.82 Å². The molecule has 0 atom stereocenters. The maximum atomic E-state index is 14.2. The topological polar surface area (TPSA) is 35.6 Å². The number of para-hydroxylation sites is 1. The number of hydrogen-bond donors (Lipinski definition) is 1. The molecule has 0 saturated carbocycles. The van der Waals surface area contributed by atoms with Crippen molar-refractivity contribution in [2.45, 2.75) is 45.6 Å². The molecular formula is C29H32FN3O. The minimum Gasteiger partial charge on any atom is -0.305 e. The summed E-state index contributed by atoms with van der Waals surface area (Å²) < 4.78 is 14.2. The van der Waals surface area contributed by atoms with Crippen LogP contribution in [0.15, 0.2) is 60.7 Å². The van der Waals surface area contributed by atoms with Crippen molar-refractivity contribution < 1.29 is 9.18 Å². The molecule has 0 unspecified atom stereocenters. The smallest absolute Gasteiger partial charge is 0.305 e. The van der Waals surface area contributed by atoms with Gasteiger partial charge < -0.3 is 5.32 Å². The molecule has 176 valence electrons. The molecular weight excluding hydrogens is 425 g/mol. The van der Waals surface area contributed by atoms with Gasteiger partial charge in [-0.2, -0.15) is 0 Å².